The number of amides is 3. The number of sulfonamides is 1. The lowest BCUT2D eigenvalue weighted by atomic mass is 10.1. The molecule has 3 fully saturated rings. The number of alkyl halides is 3. The minimum Gasteiger partial charge on any atom is -0.306 e. The van der Waals surface area contributed by atoms with Gasteiger partial charge in [-0.25, -0.2) is 18.1 Å². The van der Waals surface area contributed by atoms with Crippen molar-refractivity contribution in [3.8, 4) is 0 Å². The third-order valence-electron chi connectivity index (χ3n) is 5.37. The third kappa shape index (κ3) is 2.55. The number of carbonyl (C=O) groups is 2. The van der Waals surface area contributed by atoms with Crippen molar-refractivity contribution in [2.45, 2.75) is 37.6 Å². The Hall–Kier alpha value is -2.14. The Kier molecular flexibility index (Phi) is 3.83. The number of carbonyl (C=O) groups excluding carboxylic acids is 2. The Bertz CT molecular complexity index is 933. The second-order valence-electron chi connectivity index (χ2n) is 6.78. The van der Waals surface area contributed by atoms with Crippen molar-refractivity contribution in [1.82, 2.24) is 9.21 Å². The van der Waals surface area contributed by atoms with E-state index in [0.717, 1.165) is 23.1 Å². The minimum absolute atomic E-state index is 0.104. The summed E-state index contributed by atoms with van der Waals surface area (Å²) in [5, 5.41) is 0. The zero-order chi connectivity index (χ0) is 19.7. The van der Waals surface area contributed by atoms with Gasteiger partial charge < -0.3 is 4.90 Å². The number of nitrogens with zero attached hydrogens (tertiary/aromatic N) is 3. The first-order chi connectivity index (χ1) is 12.6. The Balaban J connectivity index is 1.69. The van der Waals surface area contributed by atoms with Crippen LogP contribution in [0.25, 0.3) is 0 Å². The van der Waals surface area contributed by atoms with Gasteiger partial charge in [0.15, 0.2) is 0 Å². The molecule has 1 aromatic carbocycles. The van der Waals surface area contributed by atoms with Crippen molar-refractivity contribution >= 4 is 27.6 Å². The fraction of sp³-hybridized carbons (Fsp3) is 0.500. The number of fused-ring (bicyclic) bond motifs is 5. The highest BCUT2D eigenvalue weighted by Crippen LogP contribution is 2.44. The van der Waals surface area contributed by atoms with E-state index in [2.05, 4.69) is 0 Å². The van der Waals surface area contributed by atoms with Gasteiger partial charge in [0.25, 0.3) is 5.91 Å². The highest BCUT2D eigenvalue weighted by molar-refractivity contribution is 7.89. The molecule has 3 saturated heterocycles. The topological polar surface area (TPSA) is 78.0 Å². The van der Waals surface area contributed by atoms with Crippen LogP contribution in [0.3, 0.4) is 0 Å². The van der Waals surface area contributed by atoms with Crippen molar-refractivity contribution < 1.29 is 31.2 Å². The second kappa shape index (κ2) is 5.68. The molecule has 3 heterocycles. The average molecular weight is 403 g/mol. The first-order valence-corrected chi connectivity index (χ1v) is 10.00. The van der Waals surface area contributed by atoms with Gasteiger partial charge in [-0.1, -0.05) is 6.07 Å². The SMILES string of the molecule is CCS(=O)(=O)N1CC2C[C@@H]1[C@@H]1C(=O)N(c3cccc(C(F)(F)F)c3)C(=O)N21. The molecule has 1 unspecified atom stereocenters. The molecule has 0 spiro atoms. The van der Waals surface area contributed by atoms with Crippen LogP contribution in [0, 0.1) is 0 Å². The number of halogens is 3. The Morgan fingerprint density at radius 3 is 2.56 bits per heavy atom. The molecular weight excluding hydrogens is 387 g/mol. The number of urea groups is 1. The lowest BCUT2D eigenvalue weighted by molar-refractivity contribution is -0.137. The molecule has 1 aromatic rings. The number of rotatable bonds is 3. The molecule has 3 atom stereocenters. The number of benzene rings is 1. The molecule has 2 bridgehead atoms. The van der Waals surface area contributed by atoms with Gasteiger partial charge in [-0.2, -0.15) is 17.5 Å². The summed E-state index contributed by atoms with van der Waals surface area (Å²) < 4.78 is 64.6. The van der Waals surface area contributed by atoms with E-state index >= 15 is 0 Å². The van der Waals surface area contributed by atoms with Crippen LogP contribution < -0.4 is 4.90 Å². The lowest BCUT2D eigenvalue weighted by Crippen LogP contribution is -2.55. The predicted molar refractivity (Wildman–Crippen MR) is 88.3 cm³/mol. The van der Waals surface area contributed by atoms with Crippen LogP contribution in [0.1, 0.15) is 18.9 Å². The molecule has 0 aromatic heterocycles. The Morgan fingerprint density at radius 2 is 1.93 bits per heavy atom. The first-order valence-electron chi connectivity index (χ1n) is 8.39. The first kappa shape index (κ1) is 18.2. The summed E-state index contributed by atoms with van der Waals surface area (Å²) in [6, 6.07) is 1.17. The average Bonchev–Trinajstić information content (AvgIpc) is 3.26. The van der Waals surface area contributed by atoms with E-state index in [9.17, 15) is 31.2 Å². The minimum atomic E-state index is -4.61. The second-order valence-corrected chi connectivity index (χ2v) is 8.99. The zero-order valence-electron chi connectivity index (χ0n) is 14.2. The van der Waals surface area contributed by atoms with Crippen LogP contribution in [-0.4, -0.2) is 60.0 Å². The van der Waals surface area contributed by atoms with E-state index in [1.54, 1.807) is 0 Å². The summed E-state index contributed by atoms with van der Waals surface area (Å²) in [5.41, 5.74) is -1.13. The van der Waals surface area contributed by atoms with Crippen LogP contribution in [0.5, 0.6) is 0 Å². The normalized spacial score (nSPS) is 28.4. The van der Waals surface area contributed by atoms with Crippen LogP contribution in [0.4, 0.5) is 23.7 Å². The van der Waals surface area contributed by atoms with Crippen LogP contribution in [0.15, 0.2) is 24.3 Å². The molecule has 3 aliphatic rings. The third-order valence-corrected chi connectivity index (χ3v) is 7.24. The Morgan fingerprint density at radius 1 is 1.22 bits per heavy atom. The smallest absolute Gasteiger partial charge is 0.306 e. The summed E-state index contributed by atoms with van der Waals surface area (Å²) in [6.45, 7) is 1.60. The van der Waals surface area contributed by atoms with E-state index in [-0.39, 0.29) is 18.0 Å². The maximum absolute atomic E-state index is 13.0. The van der Waals surface area contributed by atoms with Gasteiger partial charge in [-0.3, -0.25) is 4.79 Å². The highest BCUT2D eigenvalue weighted by Gasteiger charge is 2.63. The number of hydrogen-bond acceptors (Lipinski definition) is 4. The van der Waals surface area contributed by atoms with E-state index in [4.69, 9.17) is 0 Å². The van der Waals surface area contributed by atoms with Gasteiger partial charge in [0.2, 0.25) is 10.0 Å². The maximum atomic E-state index is 13.0. The van der Waals surface area contributed by atoms with Gasteiger partial charge in [-0.15, -0.1) is 0 Å². The van der Waals surface area contributed by atoms with E-state index in [1.165, 1.54) is 22.2 Å². The number of anilines is 1. The molecule has 7 nitrogen and oxygen atoms in total. The molecule has 146 valence electrons. The van der Waals surface area contributed by atoms with Gasteiger partial charge in [-0.05, 0) is 31.5 Å². The van der Waals surface area contributed by atoms with Crippen LogP contribution in [-0.2, 0) is 21.0 Å². The lowest BCUT2D eigenvalue weighted by Gasteiger charge is -2.33. The predicted octanol–water partition coefficient (Wildman–Crippen LogP) is 1.65. The number of piperazine rings is 1. The quantitative estimate of drug-likeness (QED) is 0.719. The molecule has 0 aliphatic carbocycles. The molecule has 11 heteroatoms. The zero-order valence-corrected chi connectivity index (χ0v) is 15.0. The molecule has 0 N–H and O–H groups in total. The molecule has 0 saturated carbocycles. The van der Waals surface area contributed by atoms with Crippen molar-refractivity contribution in [1.29, 1.82) is 0 Å². The summed E-state index contributed by atoms with van der Waals surface area (Å²) in [5.74, 6) is -0.814. The molecule has 4 rings (SSSR count). The molecular formula is C16H16F3N3O4S. The van der Waals surface area contributed by atoms with Gasteiger partial charge in [0, 0.05) is 12.6 Å². The van der Waals surface area contributed by atoms with E-state index in [0.29, 0.717) is 6.42 Å². The molecule has 3 aliphatic heterocycles. The molecule has 3 amide bonds. The van der Waals surface area contributed by atoms with E-state index in [1.807, 2.05) is 0 Å². The van der Waals surface area contributed by atoms with Crippen molar-refractivity contribution in [3.05, 3.63) is 29.8 Å². The van der Waals surface area contributed by atoms with Gasteiger partial charge >= 0.3 is 12.2 Å². The van der Waals surface area contributed by atoms with Crippen molar-refractivity contribution in [3.63, 3.8) is 0 Å². The highest BCUT2D eigenvalue weighted by atomic mass is 32.2. The number of hydrogen-bond donors (Lipinski definition) is 0. The maximum Gasteiger partial charge on any atom is 0.416 e. The summed E-state index contributed by atoms with van der Waals surface area (Å²) in [7, 11) is -3.54. The summed E-state index contributed by atoms with van der Waals surface area (Å²) >= 11 is 0. The fourth-order valence-electron chi connectivity index (χ4n) is 4.16. The summed E-state index contributed by atoms with van der Waals surface area (Å²) in [6.07, 6.45) is -4.25. The van der Waals surface area contributed by atoms with Gasteiger partial charge in [0.1, 0.15) is 6.04 Å². The van der Waals surface area contributed by atoms with Crippen LogP contribution in [0.2, 0.25) is 0 Å². The van der Waals surface area contributed by atoms with E-state index < -0.39 is 51.8 Å². The monoisotopic (exact) mass is 403 g/mol. The van der Waals surface area contributed by atoms with Crippen molar-refractivity contribution in [2.75, 3.05) is 17.2 Å². The summed E-state index contributed by atoms with van der Waals surface area (Å²) in [4.78, 5) is 27.7. The number of imide groups is 1. The molecule has 0 radical (unpaired) electrons. The standard InChI is InChI=1S/C16H16F3N3O4S/c1-2-27(25,26)20-8-11-7-12(20)13-14(23)22(15(24)21(11)13)10-5-3-4-9(6-10)16(17,18)19/h3-6,11-13H,2,7-8H2,1H3/t11?,12-,13-/m1/s1. The van der Waals surface area contributed by atoms with Crippen molar-refractivity contribution in [2.24, 2.45) is 0 Å². The van der Waals surface area contributed by atoms with Crippen LogP contribution >= 0.6 is 0 Å². The Labute approximate surface area is 153 Å². The largest absolute Gasteiger partial charge is 0.416 e. The van der Waals surface area contributed by atoms with Gasteiger partial charge in [0.05, 0.1) is 23.0 Å². The fourth-order valence-corrected chi connectivity index (χ4v) is 5.50. The molecule has 27 heavy (non-hydrogen) atoms.